The van der Waals surface area contributed by atoms with E-state index in [1.54, 1.807) is 0 Å². The number of carbonyl (C=O) groups is 2. The fourth-order valence-corrected chi connectivity index (χ4v) is 2.64. The molecule has 1 atom stereocenters. The van der Waals surface area contributed by atoms with Crippen molar-refractivity contribution in [3.8, 4) is 5.75 Å². The summed E-state index contributed by atoms with van der Waals surface area (Å²) in [7, 11) is 0. The molecular weight excluding hydrogens is 304 g/mol. The number of para-hydroxylation sites is 1. The minimum atomic E-state index is -0.421. The number of hydrogen-bond donors (Lipinski definition) is 2. The molecule has 1 fully saturated rings. The van der Waals surface area contributed by atoms with Gasteiger partial charge in [-0.1, -0.05) is 48.5 Å². The number of carbonyl (C=O) groups excluding carboxylic acids is 2. The van der Waals surface area contributed by atoms with Crippen LogP contribution in [0.5, 0.6) is 5.75 Å². The average molecular weight is 324 g/mol. The lowest BCUT2D eigenvalue weighted by Gasteiger charge is -2.14. The Hall–Kier alpha value is -2.82. The van der Waals surface area contributed by atoms with E-state index in [2.05, 4.69) is 10.6 Å². The summed E-state index contributed by atoms with van der Waals surface area (Å²) in [6, 6.07) is 17.1. The third-order valence-electron chi connectivity index (χ3n) is 3.97. The highest BCUT2D eigenvalue weighted by molar-refractivity contribution is 5.90. The van der Waals surface area contributed by atoms with Crippen molar-refractivity contribution < 1.29 is 14.3 Å². The first-order valence-electron chi connectivity index (χ1n) is 8.04. The Morgan fingerprint density at radius 2 is 1.88 bits per heavy atom. The first kappa shape index (κ1) is 16.1. The lowest BCUT2D eigenvalue weighted by Crippen LogP contribution is -2.41. The molecule has 2 aromatic rings. The quantitative estimate of drug-likeness (QED) is 0.856. The highest BCUT2D eigenvalue weighted by Gasteiger charge is 2.26. The summed E-state index contributed by atoms with van der Waals surface area (Å²) in [4.78, 5) is 23.3. The van der Waals surface area contributed by atoms with Crippen molar-refractivity contribution in [3.63, 3.8) is 0 Å². The Kier molecular flexibility index (Phi) is 5.11. The van der Waals surface area contributed by atoms with Crippen LogP contribution >= 0.6 is 0 Å². The van der Waals surface area contributed by atoms with E-state index >= 15 is 0 Å². The van der Waals surface area contributed by atoms with Crippen LogP contribution in [0.1, 0.15) is 24.0 Å². The molecule has 5 heteroatoms. The van der Waals surface area contributed by atoms with Crippen molar-refractivity contribution >= 4 is 11.8 Å². The van der Waals surface area contributed by atoms with E-state index < -0.39 is 6.04 Å². The summed E-state index contributed by atoms with van der Waals surface area (Å²) in [6.45, 7) is 0.848. The summed E-state index contributed by atoms with van der Waals surface area (Å²) in [5.74, 6) is 0.526. The average Bonchev–Trinajstić information content (AvgIpc) is 3.06. The SMILES string of the molecule is O=C1CC[C@@H](C(=O)NCc2ccccc2OCc2ccccc2)N1. The Balaban J connectivity index is 1.57. The van der Waals surface area contributed by atoms with Gasteiger partial charge in [0.05, 0.1) is 0 Å². The van der Waals surface area contributed by atoms with Gasteiger partial charge in [-0.2, -0.15) is 0 Å². The summed E-state index contributed by atoms with van der Waals surface area (Å²) in [6.07, 6.45) is 0.964. The summed E-state index contributed by atoms with van der Waals surface area (Å²) < 4.78 is 5.88. The molecule has 2 amide bonds. The van der Waals surface area contributed by atoms with Crippen LogP contribution in [0.2, 0.25) is 0 Å². The molecule has 124 valence electrons. The predicted octanol–water partition coefficient (Wildman–Crippen LogP) is 2.16. The van der Waals surface area contributed by atoms with Crippen molar-refractivity contribution in [1.29, 1.82) is 0 Å². The zero-order chi connectivity index (χ0) is 16.8. The maximum Gasteiger partial charge on any atom is 0.242 e. The summed E-state index contributed by atoms with van der Waals surface area (Å²) in [5, 5.41) is 5.54. The molecule has 3 rings (SSSR count). The maximum absolute atomic E-state index is 12.1. The molecule has 1 aliphatic heterocycles. The molecule has 0 spiro atoms. The molecule has 0 bridgehead atoms. The summed E-state index contributed by atoms with van der Waals surface area (Å²) in [5.41, 5.74) is 2.00. The third kappa shape index (κ3) is 4.13. The molecule has 0 radical (unpaired) electrons. The minimum absolute atomic E-state index is 0.0678. The Morgan fingerprint density at radius 1 is 1.12 bits per heavy atom. The van der Waals surface area contributed by atoms with Gasteiger partial charge in [-0.05, 0) is 18.1 Å². The van der Waals surface area contributed by atoms with Crippen molar-refractivity contribution in [1.82, 2.24) is 10.6 Å². The number of rotatable bonds is 6. The number of hydrogen-bond acceptors (Lipinski definition) is 3. The van der Waals surface area contributed by atoms with E-state index in [9.17, 15) is 9.59 Å². The second-order valence-corrected chi connectivity index (χ2v) is 5.76. The molecule has 0 aromatic heterocycles. The summed E-state index contributed by atoms with van der Waals surface area (Å²) >= 11 is 0. The van der Waals surface area contributed by atoms with Gasteiger partial charge in [-0.25, -0.2) is 0 Å². The number of benzene rings is 2. The highest BCUT2D eigenvalue weighted by Crippen LogP contribution is 2.19. The molecule has 5 nitrogen and oxygen atoms in total. The Morgan fingerprint density at radius 3 is 2.62 bits per heavy atom. The van der Waals surface area contributed by atoms with Crippen LogP contribution in [-0.2, 0) is 22.7 Å². The van der Waals surface area contributed by atoms with Gasteiger partial charge in [0.2, 0.25) is 11.8 Å². The Bertz CT molecular complexity index is 716. The van der Waals surface area contributed by atoms with Gasteiger partial charge in [0.15, 0.2) is 0 Å². The number of amides is 2. The fraction of sp³-hybridized carbons (Fsp3) is 0.263. The Labute approximate surface area is 141 Å². The van der Waals surface area contributed by atoms with E-state index in [0.717, 1.165) is 16.9 Å². The second-order valence-electron chi connectivity index (χ2n) is 5.76. The van der Waals surface area contributed by atoms with Gasteiger partial charge < -0.3 is 15.4 Å². The minimum Gasteiger partial charge on any atom is -0.489 e. The van der Waals surface area contributed by atoms with Gasteiger partial charge in [-0.3, -0.25) is 9.59 Å². The normalized spacial score (nSPS) is 16.5. The van der Waals surface area contributed by atoms with E-state index in [1.165, 1.54) is 0 Å². The van der Waals surface area contributed by atoms with E-state index in [4.69, 9.17) is 4.74 Å². The zero-order valence-electron chi connectivity index (χ0n) is 13.3. The zero-order valence-corrected chi connectivity index (χ0v) is 13.3. The van der Waals surface area contributed by atoms with Crippen LogP contribution < -0.4 is 15.4 Å². The van der Waals surface area contributed by atoms with Crippen molar-refractivity contribution in [3.05, 3.63) is 65.7 Å². The molecule has 2 aromatic carbocycles. The molecule has 0 saturated carbocycles. The molecule has 24 heavy (non-hydrogen) atoms. The van der Waals surface area contributed by atoms with Gasteiger partial charge in [0.25, 0.3) is 0 Å². The lowest BCUT2D eigenvalue weighted by molar-refractivity contribution is -0.125. The third-order valence-corrected chi connectivity index (χ3v) is 3.97. The van der Waals surface area contributed by atoms with E-state index in [1.807, 2.05) is 54.6 Å². The fourth-order valence-electron chi connectivity index (χ4n) is 2.64. The van der Waals surface area contributed by atoms with Crippen LogP contribution in [0.15, 0.2) is 54.6 Å². The molecule has 0 aliphatic carbocycles. The van der Waals surface area contributed by atoms with Crippen molar-refractivity contribution in [2.75, 3.05) is 0 Å². The van der Waals surface area contributed by atoms with E-state index in [0.29, 0.717) is 26.0 Å². The largest absolute Gasteiger partial charge is 0.489 e. The van der Waals surface area contributed by atoms with Crippen LogP contribution in [-0.4, -0.2) is 17.9 Å². The first-order chi connectivity index (χ1) is 11.7. The molecule has 1 aliphatic rings. The van der Waals surface area contributed by atoms with Crippen molar-refractivity contribution in [2.24, 2.45) is 0 Å². The predicted molar refractivity (Wildman–Crippen MR) is 90.2 cm³/mol. The first-order valence-corrected chi connectivity index (χ1v) is 8.04. The van der Waals surface area contributed by atoms with Gasteiger partial charge >= 0.3 is 0 Å². The lowest BCUT2D eigenvalue weighted by atomic mass is 10.1. The monoisotopic (exact) mass is 324 g/mol. The molecular formula is C19H20N2O3. The highest BCUT2D eigenvalue weighted by atomic mass is 16.5. The van der Waals surface area contributed by atoms with Gasteiger partial charge in [-0.15, -0.1) is 0 Å². The molecule has 1 heterocycles. The van der Waals surface area contributed by atoms with E-state index in [-0.39, 0.29) is 11.8 Å². The maximum atomic E-state index is 12.1. The van der Waals surface area contributed by atoms with Crippen LogP contribution in [0, 0.1) is 0 Å². The van der Waals surface area contributed by atoms with Gasteiger partial charge in [0, 0.05) is 18.5 Å². The standard InChI is InChI=1S/C19H20N2O3/c22-18-11-10-16(21-18)19(23)20-12-15-8-4-5-9-17(15)24-13-14-6-2-1-3-7-14/h1-9,16H,10-13H2,(H,20,23)(H,21,22)/t16-/m0/s1. The number of ether oxygens (including phenoxy) is 1. The van der Waals surface area contributed by atoms with Crippen molar-refractivity contribution in [2.45, 2.75) is 32.0 Å². The van der Waals surface area contributed by atoms with Crippen LogP contribution in [0.3, 0.4) is 0 Å². The van der Waals surface area contributed by atoms with Gasteiger partial charge in [0.1, 0.15) is 18.4 Å². The number of nitrogens with one attached hydrogen (secondary N) is 2. The van der Waals surface area contributed by atoms with Crippen LogP contribution in [0.25, 0.3) is 0 Å². The second kappa shape index (κ2) is 7.64. The van der Waals surface area contributed by atoms with Crippen LogP contribution in [0.4, 0.5) is 0 Å². The topological polar surface area (TPSA) is 67.4 Å². The molecule has 1 saturated heterocycles. The molecule has 2 N–H and O–H groups in total. The smallest absolute Gasteiger partial charge is 0.242 e. The molecule has 0 unspecified atom stereocenters.